The minimum Gasteiger partial charge on any atom is -0.464 e. The lowest BCUT2D eigenvalue weighted by Crippen LogP contribution is -2.24. The van der Waals surface area contributed by atoms with E-state index in [1.54, 1.807) is 24.7 Å². The van der Waals surface area contributed by atoms with E-state index in [9.17, 15) is 9.59 Å². The molecular formula is C13H13N3O3S. The Morgan fingerprint density at radius 3 is 2.90 bits per heavy atom. The monoisotopic (exact) mass is 291 g/mol. The zero-order valence-corrected chi connectivity index (χ0v) is 11.7. The van der Waals surface area contributed by atoms with Gasteiger partial charge in [0.25, 0.3) is 5.56 Å². The van der Waals surface area contributed by atoms with Crippen LogP contribution in [0.2, 0.25) is 0 Å². The van der Waals surface area contributed by atoms with E-state index < -0.39 is 0 Å². The molecule has 2 aromatic heterocycles. The third-order valence-corrected chi connectivity index (χ3v) is 3.28. The number of hydrogen-bond donors (Lipinski definition) is 0. The molecule has 0 aliphatic heterocycles. The average molecular weight is 291 g/mol. The van der Waals surface area contributed by atoms with Gasteiger partial charge in [-0.15, -0.1) is 0 Å². The number of nitrogens with zero attached hydrogens (tertiary/aromatic N) is 3. The number of ether oxygens (including phenoxy) is 1. The second kappa shape index (κ2) is 6.85. The first-order valence-corrected chi connectivity index (χ1v) is 6.76. The molecule has 0 radical (unpaired) electrons. The molecule has 0 N–H and O–H groups in total. The van der Waals surface area contributed by atoms with Gasteiger partial charge in [-0.2, -0.15) is 0 Å². The Kier molecular flexibility index (Phi) is 4.89. The molecule has 0 fully saturated rings. The summed E-state index contributed by atoms with van der Waals surface area (Å²) in [4.78, 5) is 31.0. The maximum atomic E-state index is 12.2. The van der Waals surface area contributed by atoms with E-state index in [0.29, 0.717) is 16.6 Å². The minimum absolute atomic E-state index is 0.160. The Hall–Kier alpha value is -2.15. The molecule has 7 heteroatoms. The fourth-order valence-corrected chi connectivity index (χ4v) is 2.24. The fraction of sp³-hybridized carbons (Fsp3) is 0.231. The smallest absolute Gasteiger partial charge is 0.302 e. The Bertz CT molecular complexity index is 643. The van der Waals surface area contributed by atoms with Gasteiger partial charge >= 0.3 is 5.97 Å². The van der Waals surface area contributed by atoms with Crippen LogP contribution in [0, 0.1) is 0 Å². The van der Waals surface area contributed by atoms with Crippen molar-refractivity contribution in [2.45, 2.75) is 23.5 Å². The molecule has 0 bridgehead atoms. The molecule has 0 saturated carbocycles. The highest BCUT2D eigenvalue weighted by Gasteiger charge is 2.07. The molecule has 6 nitrogen and oxygen atoms in total. The summed E-state index contributed by atoms with van der Waals surface area (Å²) in [5, 5.41) is 1.05. The van der Waals surface area contributed by atoms with Gasteiger partial charge in [0.2, 0.25) is 0 Å². The molecule has 0 aromatic carbocycles. The predicted molar refractivity (Wildman–Crippen MR) is 73.5 cm³/mol. The van der Waals surface area contributed by atoms with Gasteiger partial charge in [0, 0.05) is 25.5 Å². The highest BCUT2D eigenvalue weighted by Crippen LogP contribution is 2.19. The van der Waals surface area contributed by atoms with Crippen molar-refractivity contribution < 1.29 is 9.53 Å². The molecule has 0 spiro atoms. The van der Waals surface area contributed by atoms with Crippen LogP contribution in [0.5, 0.6) is 0 Å². The Morgan fingerprint density at radius 1 is 1.35 bits per heavy atom. The Labute approximate surface area is 119 Å². The number of pyridine rings is 1. The zero-order valence-electron chi connectivity index (χ0n) is 10.9. The summed E-state index contributed by atoms with van der Waals surface area (Å²) in [6, 6.07) is 5.46. The van der Waals surface area contributed by atoms with Crippen LogP contribution >= 0.6 is 11.8 Å². The standard InChI is InChI=1S/C13H13N3O3S/c1-10(17)19-9-8-16-7-6-15-12(13(16)18)20-11-4-2-3-5-14-11/h2-7H,8-9H2,1H3. The van der Waals surface area contributed by atoms with Gasteiger partial charge in [-0.25, -0.2) is 9.97 Å². The Balaban J connectivity index is 2.11. The van der Waals surface area contributed by atoms with Crippen molar-refractivity contribution >= 4 is 17.7 Å². The van der Waals surface area contributed by atoms with Crippen molar-refractivity contribution in [1.29, 1.82) is 0 Å². The molecule has 0 amide bonds. The third-order valence-electron chi connectivity index (χ3n) is 2.36. The summed E-state index contributed by atoms with van der Waals surface area (Å²) in [6.07, 6.45) is 4.76. The van der Waals surface area contributed by atoms with Gasteiger partial charge in [-0.3, -0.25) is 9.59 Å². The maximum absolute atomic E-state index is 12.2. The number of esters is 1. The van der Waals surface area contributed by atoms with E-state index in [2.05, 4.69) is 9.97 Å². The lowest BCUT2D eigenvalue weighted by molar-refractivity contribution is -0.141. The topological polar surface area (TPSA) is 74.1 Å². The van der Waals surface area contributed by atoms with Gasteiger partial charge in [0.15, 0.2) is 5.03 Å². The van der Waals surface area contributed by atoms with Gasteiger partial charge in [-0.1, -0.05) is 6.07 Å². The van der Waals surface area contributed by atoms with E-state index in [-0.39, 0.29) is 18.1 Å². The number of carbonyl (C=O) groups is 1. The normalized spacial score (nSPS) is 10.2. The first-order valence-electron chi connectivity index (χ1n) is 5.94. The van der Waals surface area contributed by atoms with Crippen molar-refractivity contribution in [3.05, 3.63) is 47.1 Å². The van der Waals surface area contributed by atoms with Crippen LogP contribution in [0.1, 0.15) is 6.92 Å². The molecule has 2 heterocycles. The average Bonchev–Trinajstić information content (AvgIpc) is 2.44. The molecule has 2 aromatic rings. The van der Waals surface area contributed by atoms with Crippen molar-refractivity contribution in [3.8, 4) is 0 Å². The molecule has 0 aliphatic rings. The maximum Gasteiger partial charge on any atom is 0.302 e. The van der Waals surface area contributed by atoms with E-state index in [4.69, 9.17) is 4.74 Å². The molecule has 104 valence electrons. The van der Waals surface area contributed by atoms with Crippen LogP contribution in [0.3, 0.4) is 0 Å². The first kappa shape index (κ1) is 14.3. The first-order chi connectivity index (χ1) is 9.66. The van der Waals surface area contributed by atoms with Gasteiger partial charge in [0.05, 0.1) is 6.54 Å². The van der Waals surface area contributed by atoms with Crippen LogP contribution in [0.25, 0.3) is 0 Å². The lowest BCUT2D eigenvalue weighted by atomic mass is 10.5. The molecule has 0 saturated heterocycles. The molecule has 20 heavy (non-hydrogen) atoms. The summed E-state index contributed by atoms with van der Waals surface area (Å²) in [7, 11) is 0. The number of aromatic nitrogens is 3. The van der Waals surface area contributed by atoms with E-state index in [0.717, 1.165) is 0 Å². The summed E-state index contributed by atoms with van der Waals surface area (Å²) in [5.74, 6) is -0.366. The number of rotatable bonds is 5. The van der Waals surface area contributed by atoms with Crippen molar-refractivity contribution in [2.24, 2.45) is 0 Å². The fourth-order valence-electron chi connectivity index (χ4n) is 1.47. The molecule has 2 rings (SSSR count). The second-order valence-corrected chi connectivity index (χ2v) is 4.85. The zero-order chi connectivity index (χ0) is 14.4. The highest BCUT2D eigenvalue weighted by atomic mass is 32.2. The summed E-state index contributed by atoms with van der Waals surface area (Å²) < 4.78 is 6.28. The van der Waals surface area contributed by atoms with Crippen LogP contribution < -0.4 is 5.56 Å². The van der Waals surface area contributed by atoms with Crippen LogP contribution in [-0.4, -0.2) is 27.1 Å². The van der Waals surface area contributed by atoms with Crippen molar-refractivity contribution in [2.75, 3.05) is 6.61 Å². The quantitative estimate of drug-likeness (QED) is 0.774. The van der Waals surface area contributed by atoms with Crippen LogP contribution in [0.4, 0.5) is 0 Å². The largest absolute Gasteiger partial charge is 0.464 e. The summed E-state index contributed by atoms with van der Waals surface area (Å²) in [5.41, 5.74) is -0.227. The van der Waals surface area contributed by atoms with Gasteiger partial charge in [0.1, 0.15) is 11.6 Å². The van der Waals surface area contributed by atoms with Crippen LogP contribution in [-0.2, 0) is 16.1 Å². The molecular weight excluding hydrogens is 278 g/mol. The minimum atomic E-state index is -0.366. The van der Waals surface area contributed by atoms with E-state index in [1.807, 2.05) is 12.1 Å². The van der Waals surface area contributed by atoms with Gasteiger partial charge in [-0.05, 0) is 23.9 Å². The second-order valence-electron chi connectivity index (χ2n) is 3.84. The molecule has 0 unspecified atom stereocenters. The SMILES string of the molecule is CC(=O)OCCn1ccnc(Sc2ccccn2)c1=O. The van der Waals surface area contributed by atoms with Crippen molar-refractivity contribution in [3.63, 3.8) is 0 Å². The lowest BCUT2D eigenvalue weighted by Gasteiger charge is -2.07. The highest BCUT2D eigenvalue weighted by molar-refractivity contribution is 7.99. The van der Waals surface area contributed by atoms with Gasteiger partial charge < -0.3 is 9.30 Å². The van der Waals surface area contributed by atoms with E-state index >= 15 is 0 Å². The van der Waals surface area contributed by atoms with E-state index in [1.165, 1.54) is 23.3 Å². The predicted octanol–water partition coefficient (Wildman–Crippen LogP) is 1.35. The molecule has 0 aliphatic carbocycles. The summed E-state index contributed by atoms with van der Waals surface area (Å²) in [6.45, 7) is 1.79. The number of carbonyl (C=O) groups excluding carboxylic acids is 1. The van der Waals surface area contributed by atoms with Crippen molar-refractivity contribution in [1.82, 2.24) is 14.5 Å². The molecule has 0 atom stereocenters. The number of hydrogen-bond acceptors (Lipinski definition) is 6. The van der Waals surface area contributed by atoms with Crippen LogP contribution in [0.15, 0.2) is 51.6 Å². The third kappa shape index (κ3) is 3.92. The Morgan fingerprint density at radius 2 is 2.20 bits per heavy atom. The summed E-state index contributed by atoms with van der Waals surface area (Å²) >= 11 is 1.20.